The number of nitrogens with zero attached hydrogens (tertiary/aromatic N) is 6. The first kappa shape index (κ1) is 31.2. The number of anilines is 1. The van der Waals surface area contributed by atoms with E-state index in [4.69, 9.17) is 5.73 Å². The molecule has 11 heteroatoms. The SMILES string of the molecule is Cc1c2n(c3c(-c4ccc(N)nc4)cc(C#N)cc13)CCCNC2=O.Cc1c2n(c3c(-c4ccncc4)cc(C#N)cc13)CCCNC2=O. The van der Waals surface area contributed by atoms with Crippen LogP contribution in [-0.4, -0.2) is 44.0 Å². The molecule has 0 spiro atoms. The van der Waals surface area contributed by atoms with Crippen LogP contribution in [-0.2, 0) is 13.1 Å². The number of rotatable bonds is 2. The van der Waals surface area contributed by atoms with Gasteiger partial charge < -0.3 is 25.5 Å². The van der Waals surface area contributed by atoms with Crippen LogP contribution in [0.1, 0.15) is 56.1 Å². The molecular formula is C38H33N9O2. The largest absolute Gasteiger partial charge is 0.384 e. The summed E-state index contributed by atoms with van der Waals surface area (Å²) in [5, 5.41) is 26.6. The highest BCUT2D eigenvalue weighted by Gasteiger charge is 2.26. The van der Waals surface area contributed by atoms with E-state index in [1.54, 1.807) is 24.7 Å². The van der Waals surface area contributed by atoms with Crippen LogP contribution in [0.3, 0.4) is 0 Å². The third kappa shape index (κ3) is 5.41. The molecule has 0 atom stereocenters. The number of hydrogen-bond acceptors (Lipinski definition) is 7. The Morgan fingerprint density at radius 2 is 1.24 bits per heavy atom. The van der Waals surface area contributed by atoms with Crippen LogP contribution in [0.2, 0.25) is 0 Å². The van der Waals surface area contributed by atoms with Gasteiger partial charge in [0, 0.05) is 72.2 Å². The summed E-state index contributed by atoms with van der Waals surface area (Å²) in [7, 11) is 0. The van der Waals surface area contributed by atoms with E-state index in [0.717, 1.165) is 81.1 Å². The highest BCUT2D eigenvalue weighted by atomic mass is 16.2. The highest BCUT2D eigenvalue weighted by molar-refractivity contribution is 6.07. The van der Waals surface area contributed by atoms with Crippen molar-refractivity contribution < 1.29 is 9.59 Å². The number of nitrogen functional groups attached to an aromatic ring is 1. The fraction of sp³-hybridized carbons (Fsp3) is 0.211. The Kier molecular flexibility index (Phi) is 8.03. The zero-order valence-corrected chi connectivity index (χ0v) is 27.2. The lowest BCUT2D eigenvalue weighted by atomic mass is 9.99. The highest BCUT2D eigenvalue weighted by Crippen LogP contribution is 2.37. The van der Waals surface area contributed by atoms with Crippen molar-refractivity contribution in [2.75, 3.05) is 18.8 Å². The fourth-order valence-corrected chi connectivity index (χ4v) is 7.05. The lowest BCUT2D eigenvalue weighted by Crippen LogP contribution is -2.23. The van der Waals surface area contributed by atoms with Gasteiger partial charge in [0.2, 0.25) is 0 Å². The predicted octanol–water partition coefficient (Wildman–Crippen LogP) is 5.62. The van der Waals surface area contributed by atoms with Gasteiger partial charge >= 0.3 is 0 Å². The minimum atomic E-state index is -0.0638. The van der Waals surface area contributed by atoms with Gasteiger partial charge in [-0.2, -0.15) is 10.5 Å². The Balaban J connectivity index is 0.000000154. The third-order valence-electron chi connectivity index (χ3n) is 9.28. The van der Waals surface area contributed by atoms with E-state index in [-0.39, 0.29) is 11.8 Å². The minimum Gasteiger partial charge on any atom is -0.384 e. The van der Waals surface area contributed by atoms with Crippen LogP contribution < -0.4 is 16.4 Å². The van der Waals surface area contributed by atoms with Gasteiger partial charge in [-0.05, 0) is 91.9 Å². The summed E-state index contributed by atoms with van der Waals surface area (Å²) in [6.07, 6.45) is 6.94. The van der Waals surface area contributed by atoms with Crippen LogP contribution in [0, 0.1) is 36.5 Å². The first-order valence-corrected chi connectivity index (χ1v) is 16.1. The predicted molar refractivity (Wildman–Crippen MR) is 188 cm³/mol. The molecule has 2 aromatic carbocycles. The van der Waals surface area contributed by atoms with Crippen molar-refractivity contribution in [1.29, 1.82) is 10.5 Å². The molecule has 4 N–H and O–H groups in total. The molecule has 0 bridgehead atoms. The molecule has 242 valence electrons. The number of nitrogens with two attached hydrogens (primary N) is 1. The van der Waals surface area contributed by atoms with Crippen molar-refractivity contribution in [3.8, 4) is 34.4 Å². The summed E-state index contributed by atoms with van der Waals surface area (Å²) in [6.45, 7) is 6.77. The molecule has 2 aliphatic rings. The molecule has 0 aliphatic carbocycles. The van der Waals surface area contributed by atoms with E-state index in [2.05, 4.69) is 41.9 Å². The van der Waals surface area contributed by atoms with Crippen molar-refractivity contribution in [3.05, 3.63) is 101 Å². The van der Waals surface area contributed by atoms with Crippen molar-refractivity contribution in [2.45, 2.75) is 39.8 Å². The zero-order chi connectivity index (χ0) is 34.2. The summed E-state index contributed by atoms with van der Waals surface area (Å²) in [5.41, 5.74) is 15.8. The van der Waals surface area contributed by atoms with Crippen molar-refractivity contribution >= 4 is 39.4 Å². The number of benzene rings is 2. The van der Waals surface area contributed by atoms with Crippen LogP contribution in [0.4, 0.5) is 5.82 Å². The molecule has 0 fully saturated rings. The smallest absolute Gasteiger partial charge is 0.268 e. The Labute approximate surface area is 282 Å². The monoisotopic (exact) mass is 647 g/mol. The Morgan fingerprint density at radius 3 is 1.71 bits per heavy atom. The molecule has 0 radical (unpaired) electrons. The van der Waals surface area contributed by atoms with Gasteiger partial charge in [-0.25, -0.2) is 4.98 Å². The van der Waals surface area contributed by atoms with Gasteiger partial charge in [0.25, 0.3) is 11.8 Å². The third-order valence-corrected chi connectivity index (χ3v) is 9.28. The molecule has 49 heavy (non-hydrogen) atoms. The number of hydrogen-bond donors (Lipinski definition) is 3. The second kappa shape index (κ2) is 12.6. The molecular weight excluding hydrogens is 614 g/mol. The Hall–Kier alpha value is -6.46. The van der Waals surface area contributed by atoms with E-state index < -0.39 is 0 Å². The molecule has 2 aliphatic heterocycles. The number of pyridine rings is 2. The van der Waals surface area contributed by atoms with Crippen LogP contribution in [0.15, 0.2) is 67.1 Å². The summed E-state index contributed by atoms with van der Waals surface area (Å²) in [4.78, 5) is 33.3. The zero-order valence-electron chi connectivity index (χ0n) is 27.2. The maximum atomic E-state index is 12.5. The number of nitriles is 2. The first-order chi connectivity index (χ1) is 23.8. The first-order valence-electron chi connectivity index (χ1n) is 16.1. The average molecular weight is 648 g/mol. The lowest BCUT2D eigenvalue weighted by Gasteiger charge is -2.11. The normalized spacial score (nSPS) is 13.9. The van der Waals surface area contributed by atoms with Gasteiger partial charge in [0.15, 0.2) is 0 Å². The van der Waals surface area contributed by atoms with E-state index in [1.807, 2.05) is 56.3 Å². The van der Waals surface area contributed by atoms with Crippen LogP contribution in [0.5, 0.6) is 0 Å². The molecule has 4 aromatic heterocycles. The summed E-state index contributed by atoms with van der Waals surface area (Å²) < 4.78 is 4.17. The number of nitrogens with one attached hydrogen (secondary N) is 2. The molecule has 0 saturated carbocycles. The van der Waals surface area contributed by atoms with Gasteiger partial charge in [0.1, 0.15) is 17.2 Å². The summed E-state index contributed by atoms with van der Waals surface area (Å²) in [6, 6.07) is 19.4. The molecule has 8 rings (SSSR count). The maximum Gasteiger partial charge on any atom is 0.268 e. The van der Waals surface area contributed by atoms with Crippen molar-refractivity contribution in [1.82, 2.24) is 29.7 Å². The Morgan fingerprint density at radius 1 is 0.735 bits per heavy atom. The number of aryl methyl sites for hydroxylation is 4. The second-order valence-electron chi connectivity index (χ2n) is 12.2. The molecule has 2 amide bonds. The van der Waals surface area contributed by atoms with Gasteiger partial charge in [-0.3, -0.25) is 14.6 Å². The number of aromatic nitrogens is 4. The molecule has 0 saturated heterocycles. The van der Waals surface area contributed by atoms with Gasteiger partial charge in [-0.1, -0.05) is 0 Å². The van der Waals surface area contributed by atoms with E-state index in [9.17, 15) is 20.1 Å². The minimum absolute atomic E-state index is 0.0413. The van der Waals surface area contributed by atoms with E-state index in [0.29, 0.717) is 41.4 Å². The number of amides is 2. The van der Waals surface area contributed by atoms with Crippen LogP contribution >= 0.6 is 0 Å². The number of fused-ring (bicyclic) bond motifs is 6. The standard InChI is InChI=1S/C19H17N5O.C19H16N4O/c1-11-14-7-12(9-20)8-15(13-3-4-16(21)23-10-13)18(14)24-6-2-5-22-19(25)17(11)24;1-12-15-9-13(11-20)10-16(14-3-6-21-7-4-14)18(15)23-8-2-5-22-19(24)17(12)23/h3-4,7-8,10H,2,5-6H2,1H3,(H2,21,23)(H,22,25);3-4,6-7,9-10H,2,5,8H2,1H3,(H,22,24). The quantitative estimate of drug-likeness (QED) is 0.219. The topological polar surface area (TPSA) is 167 Å². The maximum absolute atomic E-state index is 12.5. The second-order valence-corrected chi connectivity index (χ2v) is 12.2. The molecule has 11 nitrogen and oxygen atoms in total. The van der Waals surface area contributed by atoms with Gasteiger partial charge in [0.05, 0.1) is 34.3 Å². The van der Waals surface area contributed by atoms with Gasteiger partial charge in [-0.15, -0.1) is 0 Å². The summed E-state index contributed by atoms with van der Waals surface area (Å²) >= 11 is 0. The number of carbonyl (C=O) groups excluding carboxylic acids is 2. The molecule has 0 unspecified atom stereocenters. The van der Waals surface area contributed by atoms with Crippen molar-refractivity contribution in [3.63, 3.8) is 0 Å². The Bertz CT molecular complexity index is 2370. The lowest BCUT2D eigenvalue weighted by molar-refractivity contribution is 0.0942. The summed E-state index contributed by atoms with van der Waals surface area (Å²) in [5.74, 6) is 0.340. The van der Waals surface area contributed by atoms with E-state index >= 15 is 0 Å². The fourth-order valence-electron chi connectivity index (χ4n) is 7.05. The molecule has 6 heterocycles. The van der Waals surface area contributed by atoms with Crippen LogP contribution in [0.25, 0.3) is 44.1 Å². The van der Waals surface area contributed by atoms with E-state index in [1.165, 1.54) is 0 Å². The average Bonchev–Trinajstić information content (AvgIpc) is 3.36. The number of carbonyl (C=O) groups is 2. The molecule has 6 aromatic rings. The van der Waals surface area contributed by atoms with Crippen molar-refractivity contribution in [2.24, 2.45) is 0 Å².